The summed E-state index contributed by atoms with van der Waals surface area (Å²) in [6, 6.07) is 7.10. The van der Waals surface area contributed by atoms with Gasteiger partial charge in [-0.25, -0.2) is 4.52 Å². The average Bonchev–Trinajstić information content (AvgIpc) is 3.14. The van der Waals surface area contributed by atoms with E-state index in [4.69, 9.17) is 5.11 Å². The van der Waals surface area contributed by atoms with Crippen LogP contribution in [0.15, 0.2) is 48.8 Å². The molecule has 0 spiro atoms. The molecule has 0 saturated heterocycles. The van der Waals surface area contributed by atoms with Gasteiger partial charge in [-0.2, -0.15) is 18.3 Å². The number of carboxylic acids is 1. The molecule has 3 heterocycles. The number of amides is 1. The van der Waals surface area contributed by atoms with Gasteiger partial charge in [-0.3, -0.25) is 9.59 Å². The molecule has 0 saturated carbocycles. The normalized spacial score (nSPS) is 14.5. The molecule has 0 bridgehead atoms. The van der Waals surface area contributed by atoms with Crippen molar-refractivity contribution in [2.24, 2.45) is 0 Å². The molecule has 9 heteroatoms. The Kier molecular flexibility index (Phi) is 5.50. The van der Waals surface area contributed by atoms with Crippen LogP contribution in [0.25, 0.3) is 22.2 Å². The molecule has 2 aromatic heterocycles. The van der Waals surface area contributed by atoms with E-state index in [1.54, 1.807) is 4.90 Å². The Balaban J connectivity index is 1.81. The van der Waals surface area contributed by atoms with Crippen LogP contribution >= 0.6 is 0 Å². The van der Waals surface area contributed by atoms with Crippen LogP contribution in [-0.2, 0) is 22.2 Å². The maximum atomic E-state index is 13.8. The summed E-state index contributed by atoms with van der Waals surface area (Å²) in [6.45, 7) is 2.42. The second-order valence-corrected chi connectivity index (χ2v) is 7.69. The minimum absolute atomic E-state index is 0.00914. The lowest BCUT2D eigenvalue weighted by Crippen LogP contribution is -2.32. The Hall–Kier alpha value is -3.62. The fraction of sp³-hybridized carbons (Fsp3) is 0.261. The van der Waals surface area contributed by atoms with Crippen molar-refractivity contribution in [2.45, 2.75) is 25.9 Å². The van der Waals surface area contributed by atoms with E-state index in [0.717, 1.165) is 11.6 Å². The van der Waals surface area contributed by atoms with Crippen LogP contribution in [0.5, 0.6) is 0 Å². The lowest BCUT2D eigenvalue weighted by molar-refractivity contribution is -0.137. The number of alkyl halides is 3. The Bertz CT molecular complexity index is 1240. The number of nitrogens with zero attached hydrogens (tertiary/aromatic N) is 3. The largest absolute Gasteiger partial charge is 0.481 e. The number of hydrogen-bond donors (Lipinski definition) is 1. The van der Waals surface area contributed by atoms with Gasteiger partial charge in [0.1, 0.15) is 0 Å². The van der Waals surface area contributed by atoms with Crippen molar-refractivity contribution in [3.8, 4) is 11.1 Å². The van der Waals surface area contributed by atoms with Gasteiger partial charge in [-0.1, -0.05) is 12.1 Å². The molecule has 0 radical (unpaired) electrons. The van der Waals surface area contributed by atoms with Crippen molar-refractivity contribution in [1.29, 1.82) is 0 Å². The molecule has 166 valence electrons. The topological polar surface area (TPSA) is 74.9 Å². The smallest absolute Gasteiger partial charge is 0.417 e. The second kappa shape index (κ2) is 8.14. The van der Waals surface area contributed by atoms with Crippen molar-refractivity contribution in [3.05, 3.63) is 65.5 Å². The molecule has 32 heavy (non-hydrogen) atoms. The summed E-state index contributed by atoms with van der Waals surface area (Å²) in [5, 5.41) is 13.2. The fourth-order valence-electron chi connectivity index (χ4n) is 3.95. The third-order valence-electron chi connectivity index (χ3n) is 5.60. The molecular weight excluding hydrogens is 423 g/mol. The zero-order valence-corrected chi connectivity index (χ0v) is 17.2. The fourth-order valence-corrected chi connectivity index (χ4v) is 3.95. The maximum absolute atomic E-state index is 13.8. The number of aromatic nitrogens is 2. The summed E-state index contributed by atoms with van der Waals surface area (Å²) in [7, 11) is 0. The van der Waals surface area contributed by atoms with Crippen molar-refractivity contribution < 1.29 is 27.9 Å². The van der Waals surface area contributed by atoms with E-state index >= 15 is 0 Å². The van der Waals surface area contributed by atoms with Crippen LogP contribution in [0.3, 0.4) is 0 Å². The van der Waals surface area contributed by atoms with E-state index in [-0.39, 0.29) is 17.9 Å². The zero-order chi connectivity index (χ0) is 23.0. The van der Waals surface area contributed by atoms with Gasteiger partial charge >= 0.3 is 12.1 Å². The first-order valence-corrected chi connectivity index (χ1v) is 9.98. The van der Waals surface area contributed by atoms with Crippen molar-refractivity contribution >= 4 is 23.0 Å². The van der Waals surface area contributed by atoms with Gasteiger partial charge in [0.05, 0.1) is 23.7 Å². The van der Waals surface area contributed by atoms with Crippen molar-refractivity contribution in [2.75, 3.05) is 13.1 Å². The lowest BCUT2D eigenvalue weighted by Gasteiger charge is -2.26. The summed E-state index contributed by atoms with van der Waals surface area (Å²) >= 11 is 0. The quantitative estimate of drug-likeness (QED) is 0.653. The van der Waals surface area contributed by atoms with Crippen LogP contribution < -0.4 is 0 Å². The molecule has 0 unspecified atom stereocenters. The number of pyridine rings is 1. The second-order valence-electron chi connectivity index (χ2n) is 7.69. The van der Waals surface area contributed by atoms with E-state index in [2.05, 4.69) is 5.10 Å². The number of halogens is 3. The summed E-state index contributed by atoms with van der Waals surface area (Å²) in [6.07, 6.45) is 0.502. The molecule has 1 amide bonds. The molecule has 3 aromatic rings. The minimum atomic E-state index is -4.56. The van der Waals surface area contributed by atoms with Gasteiger partial charge < -0.3 is 10.0 Å². The minimum Gasteiger partial charge on any atom is -0.481 e. The van der Waals surface area contributed by atoms with Crippen LogP contribution in [-0.4, -0.2) is 44.6 Å². The lowest BCUT2D eigenvalue weighted by atomic mass is 9.92. The highest BCUT2D eigenvalue weighted by Gasteiger charge is 2.34. The summed E-state index contributed by atoms with van der Waals surface area (Å²) < 4.78 is 42.8. The van der Waals surface area contributed by atoms with E-state index in [1.807, 2.05) is 6.08 Å². The highest BCUT2D eigenvalue weighted by molar-refractivity contribution is 5.81. The van der Waals surface area contributed by atoms with Gasteiger partial charge in [0.25, 0.3) is 0 Å². The van der Waals surface area contributed by atoms with Gasteiger partial charge in [-0.15, -0.1) is 0 Å². The molecule has 6 nitrogen and oxygen atoms in total. The molecule has 1 aliphatic rings. The number of rotatable bonds is 4. The summed E-state index contributed by atoms with van der Waals surface area (Å²) in [5.74, 6) is -1.09. The molecule has 1 aromatic carbocycles. The monoisotopic (exact) mass is 443 g/mol. The van der Waals surface area contributed by atoms with Gasteiger partial charge in [0, 0.05) is 31.8 Å². The molecule has 4 rings (SSSR count). The zero-order valence-electron chi connectivity index (χ0n) is 17.2. The molecule has 0 atom stereocenters. The number of carbonyl (C=O) groups is 2. The van der Waals surface area contributed by atoms with Crippen LogP contribution in [0.4, 0.5) is 13.2 Å². The maximum Gasteiger partial charge on any atom is 0.417 e. The highest BCUT2D eigenvalue weighted by atomic mass is 19.4. The Labute approximate surface area is 181 Å². The third kappa shape index (κ3) is 4.23. The predicted octanol–water partition coefficient (Wildman–Crippen LogP) is 4.28. The van der Waals surface area contributed by atoms with Crippen LogP contribution in [0, 0.1) is 0 Å². The van der Waals surface area contributed by atoms with Crippen LogP contribution in [0.1, 0.15) is 30.0 Å². The van der Waals surface area contributed by atoms with E-state index in [0.29, 0.717) is 41.7 Å². The Morgan fingerprint density at radius 2 is 1.94 bits per heavy atom. The first kappa shape index (κ1) is 21.6. The number of carboxylic acid groups (broad SMARTS) is 1. The SMILES string of the molecule is CC(=O)N1CC=C(c2ccc(C(F)(F)F)c(-c3ccn4ncc(CC(=O)O)c4c3)c2)CC1. The first-order chi connectivity index (χ1) is 15.1. The van der Waals surface area contributed by atoms with Crippen LogP contribution in [0.2, 0.25) is 0 Å². The molecule has 0 aliphatic carbocycles. The molecule has 1 N–H and O–H groups in total. The molecular formula is C23H20F3N3O3. The van der Waals surface area contributed by atoms with Gasteiger partial charge in [-0.05, 0) is 52.9 Å². The van der Waals surface area contributed by atoms with Gasteiger partial charge in [0.15, 0.2) is 0 Å². The third-order valence-corrected chi connectivity index (χ3v) is 5.60. The van der Waals surface area contributed by atoms with E-state index < -0.39 is 17.7 Å². The number of carbonyl (C=O) groups excluding carboxylic acids is 1. The number of hydrogen-bond acceptors (Lipinski definition) is 3. The average molecular weight is 443 g/mol. The predicted molar refractivity (Wildman–Crippen MR) is 112 cm³/mol. The molecule has 1 aliphatic heterocycles. The Morgan fingerprint density at radius 3 is 2.56 bits per heavy atom. The first-order valence-electron chi connectivity index (χ1n) is 9.98. The standard InChI is InChI=1S/C23H20F3N3O3/c1-14(30)28-7-4-15(5-8-28)16-2-3-20(23(24,25)26)19(10-16)17-6-9-29-21(11-17)18(13-27-29)12-22(31)32/h2-4,6,9-11,13H,5,7-8,12H2,1H3,(H,31,32). The number of aliphatic carboxylic acids is 1. The van der Waals surface area contributed by atoms with E-state index in [1.165, 1.54) is 48.1 Å². The number of benzene rings is 1. The number of fused-ring (bicyclic) bond motifs is 1. The highest BCUT2D eigenvalue weighted by Crippen LogP contribution is 2.39. The molecule has 0 fully saturated rings. The van der Waals surface area contributed by atoms with E-state index in [9.17, 15) is 22.8 Å². The summed E-state index contributed by atoms with van der Waals surface area (Å²) in [4.78, 5) is 24.3. The summed E-state index contributed by atoms with van der Waals surface area (Å²) in [5.41, 5.74) is 1.97. The van der Waals surface area contributed by atoms with Gasteiger partial charge in [0.2, 0.25) is 5.91 Å². The van der Waals surface area contributed by atoms with Crippen molar-refractivity contribution in [3.63, 3.8) is 0 Å². The van der Waals surface area contributed by atoms with Crippen molar-refractivity contribution in [1.82, 2.24) is 14.5 Å². The Morgan fingerprint density at radius 1 is 1.16 bits per heavy atom.